The van der Waals surface area contributed by atoms with E-state index < -0.39 is 0 Å². The molecule has 0 unspecified atom stereocenters. The van der Waals surface area contributed by atoms with Crippen LogP contribution in [0.3, 0.4) is 0 Å². The minimum absolute atomic E-state index is 0.223. The van der Waals surface area contributed by atoms with Gasteiger partial charge in [0, 0.05) is 37.4 Å². The molecule has 2 aromatic rings. The topological polar surface area (TPSA) is 31.4 Å². The number of aromatic nitrogens is 1. The zero-order valence-electron chi connectivity index (χ0n) is 20.1. The van der Waals surface area contributed by atoms with E-state index in [-0.39, 0.29) is 6.67 Å². The van der Waals surface area contributed by atoms with E-state index in [1.807, 2.05) is 0 Å². The van der Waals surface area contributed by atoms with Gasteiger partial charge in [-0.05, 0) is 85.3 Å². The summed E-state index contributed by atoms with van der Waals surface area (Å²) in [6.07, 6.45) is 9.18. The molecule has 3 heterocycles. The Bertz CT molecular complexity index is 1100. The molecule has 0 spiro atoms. The molecule has 0 radical (unpaired) electrons. The Hall–Kier alpha value is -2.24. The van der Waals surface area contributed by atoms with Crippen LogP contribution < -0.4 is 5.32 Å². The molecule has 4 aliphatic carbocycles. The van der Waals surface area contributed by atoms with Gasteiger partial charge in [-0.1, -0.05) is 30.3 Å². The highest BCUT2D eigenvalue weighted by Crippen LogP contribution is 2.65. The molecule has 4 nitrogen and oxygen atoms in total. The van der Waals surface area contributed by atoms with Crippen LogP contribution in [0.25, 0.3) is 5.57 Å². The molecule has 1 aromatic heterocycles. The second-order valence-electron chi connectivity index (χ2n) is 11.5. The third-order valence-corrected chi connectivity index (χ3v) is 9.27. The lowest BCUT2D eigenvalue weighted by Gasteiger charge is -2.70. The average Bonchev–Trinajstić information content (AvgIpc) is 3.12. The Morgan fingerprint density at radius 1 is 1.12 bits per heavy atom. The summed E-state index contributed by atoms with van der Waals surface area (Å²) in [5, 5.41) is 3.58. The van der Waals surface area contributed by atoms with Crippen LogP contribution in [-0.4, -0.2) is 58.7 Å². The number of fused-ring (bicyclic) bond motifs is 2. The Morgan fingerprint density at radius 2 is 1.94 bits per heavy atom. The molecule has 1 N–H and O–H groups in total. The van der Waals surface area contributed by atoms with Crippen molar-refractivity contribution in [1.29, 1.82) is 0 Å². The fourth-order valence-corrected chi connectivity index (χ4v) is 7.61. The number of rotatable bonds is 7. The second-order valence-corrected chi connectivity index (χ2v) is 11.5. The van der Waals surface area contributed by atoms with Gasteiger partial charge in [-0.15, -0.1) is 0 Å². The summed E-state index contributed by atoms with van der Waals surface area (Å²) >= 11 is 0. The molecule has 0 amide bonds. The number of benzene rings is 1. The van der Waals surface area contributed by atoms with E-state index in [0.717, 1.165) is 37.8 Å². The first kappa shape index (κ1) is 21.1. The van der Waals surface area contributed by atoms with Crippen LogP contribution in [0.4, 0.5) is 10.2 Å². The quantitative estimate of drug-likeness (QED) is 0.615. The van der Waals surface area contributed by atoms with Crippen molar-refractivity contribution < 1.29 is 4.39 Å². The summed E-state index contributed by atoms with van der Waals surface area (Å²) < 4.78 is 12.4. The smallest absolute Gasteiger partial charge is 0.126 e. The van der Waals surface area contributed by atoms with Gasteiger partial charge in [0.1, 0.15) is 5.82 Å². The van der Waals surface area contributed by atoms with Gasteiger partial charge in [-0.2, -0.15) is 0 Å². The number of nitrogens with one attached hydrogen (secondary N) is 1. The van der Waals surface area contributed by atoms with Gasteiger partial charge in [0.25, 0.3) is 0 Å². The van der Waals surface area contributed by atoms with Crippen molar-refractivity contribution in [1.82, 2.24) is 14.8 Å². The highest BCUT2D eigenvalue weighted by molar-refractivity contribution is 5.79. The van der Waals surface area contributed by atoms with Gasteiger partial charge >= 0.3 is 0 Å². The molecular weight excluding hydrogens is 423 g/mol. The summed E-state index contributed by atoms with van der Waals surface area (Å²) in [4.78, 5) is 10.1. The minimum Gasteiger partial charge on any atom is -0.365 e. The van der Waals surface area contributed by atoms with Gasteiger partial charge in [0.05, 0.1) is 18.8 Å². The highest BCUT2D eigenvalue weighted by Gasteiger charge is 2.63. The van der Waals surface area contributed by atoms with E-state index in [9.17, 15) is 4.39 Å². The van der Waals surface area contributed by atoms with Crippen LogP contribution >= 0.6 is 0 Å². The van der Waals surface area contributed by atoms with E-state index >= 15 is 0 Å². The van der Waals surface area contributed by atoms with Gasteiger partial charge in [0.15, 0.2) is 0 Å². The number of likely N-dealkylation sites (tertiary alicyclic amines) is 1. The van der Waals surface area contributed by atoms with Gasteiger partial charge < -0.3 is 5.32 Å². The predicted molar refractivity (Wildman–Crippen MR) is 134 cm³/mol. The predicted octanol–water partition coefficient (Wildman–Crippen LogP) is 5.24. The first-order chi connectivity index (χ1) is 16.6. The Kier molecular flexibility index (Phi) is 4.89. The normalized spacial score (nSPS) is 32.5. The number of pyridine rings is 1. The third-order valence-electron chi connectivity index (χ3n) is 9.27. The molecule has 5 heteroatoms. The maximum Gasteiger partial charge on any atom is 0.126 e. The van der Waals surface area contributed by atoms with E-state index in [4.69, 9.17) is 4.98 Å². The number of hydrogen-bond acceptors (Lipinski definition) is 4. The van der Waals surface area contributed by atoms with Crippen molar-refractivity contribution >= 4 is 11.4 Å². The van der Waals surface area contributed by atoms with Gasteiger partial charge in [-0.3, -0.25) is 14.2 Å². The summed E-state index contributed by atoms with van der Waals surface area (Å²) in [5.41, 5.74) is 7.97. The van der Waals surface area contributed by atoms with Crippen LogP contribution in [-0.2, 0) is 6.42 Å². The maximum absolute atomic E-state index is 12.4. The zero-order chi connectivity index (χ0) is 22.9. The molecule has 8 rings (SSSR count). The van der Waals surface area contributed by atoms with Crippen LogP contribution in [0.5, 0.6) is 0 Å². The fraction of sp³-hybridized carbons (Fsp3) is 0.552. The summed E-state index contributed by atoms with van der Waals surface area (Å²) in [7, 11) is 0. The van der Waals surface area contributed by atoms with Crippen molar-refractivity contribution in [2.75, 3.05) is 31.6 Å². The van der Waals surface area contributed by atoms with Crippen molar-refractivity contribution in [2.45, 2.75) is 69.1 Å². The number of alkyl halides is 1. The van der Waals surface area contributed by atoms with Crippen molar-refractivity contribution in [3.63, 3.8) is 0 Å². The Morgan fingerprint density at radius 3 is 2.65 bits per heavy atom. The largest absolute Gasteiger partial charge is 0.365 e. The Balaban J connectivity index is 1.15. The summed E-state index contributed by atoms with van der Waals surface area (Å²) in [6.45, 7) is 5.05. The monoisotopic (exact) mass is 458 g/mol. The number of nitrogens with zero attached hydrogens (tertiary/aromatic N) is 3. The first-order valence-electron chi connectivity index (χ1n) is 13.2. The minimum atomic E-state index is -0.223. The third kappa shape index (κ3) is 3.20. The van der Waals surface area contributed by atoms with Crippen molar-refractivity contribution in [3.05, 3.63) is 64.9 Å². The molecular formula is C29H35FN4. The molecule has 4 fully saturated rings. The van der Waals surface area contributed by atoms with Crippen LogP contribution in [0.1, 0.15) is 61.8 Å². The Labute approximate surface area is 202 Å². The maximum atomic E-state index is 12.4. The first-order valence-corrected chi connectivity index (χ1v) is 13.2. The molecule has 3 saturated carbocycles. The molecule has 2 bridgehead atoms. The number of hydrogen-bond donors (Lipinski definition) is 1. The van der Waals surface area contributed by atoms with E-state index in [1.165, 1.54) is 42.4 Å². The molecule has 1 saturated heterocycles. The molecule has 178 valence electrons. The highest BCUT2D eigenvalue weighted by atomic mass is 19.1. The fourth-order valence-electron chi connectivity index (χ4n) is 7.61. The lowest BCUT2D eigenvalue weighted by Crippen LogP contribution is -2.71. The summed E-state index contributed by atoms with van der Waals surface area (Å²) in [5.74, 6) is 1.93. The SMILES string of the molecule is C[C@@H]1CC2=C(Cc3ccccc32)[C@@H](c2ccc(NC3CN(CCCF)C3)nc2)N1C12CC(C1)C2. The average molecular weight is 459 g/mol. The van der Waals surface area contributed by atoms with Crippen LogP contribution in [0, 0.1) is 5.92 Å². The molecule has 6 aliphatic rings. The lowest BCUT2D eigenvalue weighted by atomic mass is 9.48. The van der Waals surface area contributed by atoms with Crippen LogP contribution in [0.2, 0.25) is 0 Å². The molecule has 2 aliphatic heterocycles. The van der Waals surface area contributed by atoms with Gasteiger partial charge in [0.2, 0.25) is 0 Å². The molecule has 1 aromatic carbocycles. The second kappa shape index (κ2) is 7.89. The lowest BCUT2D eigenvalue weighted by molar-refractivity contribution is -0.173. The van der Waals surface area contributed by atoms with Crippen molar-refractivity contribution in [2.24, 2.45) is 5.92 Å². The number of anilines is 1. The van der Waals surface area contributed by atoms with E-state index in [0.29, 0.717) is 30.1 Å². The standard InChI is InChI=1S/C29H35FN4/c1-19-11-25-24-6-3-2-5-21(24)12-26(25)28(34(19)29-13-20(14-29)15-29)22-7-8-27(31-16-22)32-23-17-33(18-23)10-4-9-30/h2-3,5-8,16,19-20,23,28H,4,9-15,17-18H2,1H3,(H,31,32)/t19-,20?,28-,29?/m1/s1. The van der Waals surface area contributed by atoms with E-state index in [1.54, 1.807) is 11.1 Å². The van der Waals surface area contributed by atoms with Crippen molar-refractivity contribution in [3.8, 4) is 0 Å². The molecule has 2 atom stereocenters. The van der Waals surface area contributed by atoms with E-state index in [2.05, 4.69) is 64.6 Å². The van der Waals surface area contributed by atoms with Crippen LogP contribution in [0.15, 0.2) is 48.2 Å². The van der Waals surface area contributed by atoms with Gasteiger partial charge in [-0.25, -0.2) is 4.98 Å². The number of halogens is 1. The molecule has 34 heavy (non-hydrogen) atoms. The zero-order valence-corrected chi connectivity index (χ0v) is 20.1. The summed E-state index contributed by atoms with van der Waals surface area (Å²) in [6, 6.07) is 14.9.